The van der Waals surface area contributed by atoms with E-state index in [2.05, 4.69) is 13.8 Å². The molecule has 1 aliphatic rings. The van der Waals surface area contributed by atoms with Crippen molar-refractivity contribution in [2.45, 2.75) is 199 Å². The summed E-state index contributed by atoms with van der Waals surface area (Å²) >= 11 is 0. The summed E-state index contributed by atoms with van der Waals surface area (Å²) in [4.78, 5) is 36.7. The average molecular weight is 717 g/mol. The van der Waals surface area contributed by atoms with Gasteiger partial charge in [0.2, 0.25) is 0 Å². The van der Waals surface area contributed by atoms with Crippen molar-refractivity contribution in [3.63, 3.8) is 0 Å². The third-order valence-corrected chi connectivity index (χ3v) is 9.93. The van der Waals surface area contributed by atoms with Crippen LogP contribution in [0.25, 0.3) is 0 Å². The molecule has 0 amide bonds. The maximum Gasteiger partial charge on any atom is 0.306 e. The van der Waals surface area contributed by atoms with Gasteiger partial charge in [-0.25, -0.2) is 0 Å². The molecule has 0 aromatic rings. The first-order chi connectivity index (χ1) is 24.9. The van der Waals surface area contributed by atoms with Gasteiger partial charge in [0.1, 0.15) is 6.61 Å². The molecule has 2 N–H and O–H groups in total. The molecular weight excluding hydrogens is 640 g/mol. The van der Waals surface area contributed by atoms with Crippen molar-refractivity contribution in [2.24, 2.45) is 11.8 Å². The lowest BCUT2D eigenvalue weighted by atomic mass is 9.90. The summed E-state index contributed by atoms with van der Waals surface area (Å²) in [5, 5.41) is 19.8. The summed E-state index contributed by atoms with van der Waals surface area (Å²) in [5.41, 5.74) is 0. The molecule has 0 saturated carbocycles. The Morgan fingerprint density at radius 1 is 0.725 bits per heavy atom. The quantitative estimate of drug-likeness (QED) is 0.0381. The number of hydrogen-bond acceptors (Lipinski definition) is 7. The zero-order valence-corrected chi connectivity index (χ0v) is 32.7. The van der Waals surface area contributed by atoms with Crippen LogP contribution in [0.1, 0.15) is 187 Å². The first-order valence-corrected chi connectivity index (χ1v) is 21.1. The SMILES string of the molecule is CCCCCCCCCCCCCCCCCCCCC(=O)O[C@@H](CO)COC(=O)CCC/C=C\C[C@H]1C=CC(=O)[C@@H]1/C=C/[C@@H](O)CCCCC. The van der Waals surface area contributed by atoms with Crippen molar-refractivity contribution in [1.82, 2.24) is 0 Å². The van der Waals surface area contributed by atoms with Gasteiger partial charge in [-0.15, -0.1) is 0 Å². The molecule has 0 aromatic heterocycles. The van der Waals surface area contributed by atoms with Crippen LogP contribution in [0.5, 0.6) is 0 Å². The van der Waals surface area contributed by atoms with Crippen LogP contribution in [0.15, 0.2) is 36.5 Å². The van der Waals surface area contributed by atoms with Gasteiger partial charge in [0, 0.05) is 18.8 Å². The Balaban J connectivity index is 2.02. The van der Waals surface area contributed by atoms with E-state index in [1.807, 2.05) is 24.3 Å². The largest absolute Gasteiger partial charge is 0.462 e. The molecule has 0 unspecified atom stereocenters. The highest BCUT2D eigenvalue weighted by Crippen LogP contribution is 2.27. The number of aliphatic hydroxyl groups excluding tert-OH is 2. The maximum absolute atomic E-state index is 12.3. The van der Waals surface area contributed by atoms with Crippen LogP contribution in [-0.4, -0.2) is 53.4 Å². The van der Waals surface area contributed by atoms with Gasteiger partial charge in [-0.3, -0.25) is 14.4 Å². The maximum atomic E-state index is 12.3. The van der Waals surface area contributed by atoms with Gasteiger partial charge in [-0.2, -0.15) is 0 Å². The monoisotopic (exact) mass is 717 g/mol. The third-order valence-electron chi connectivity index (χ3n) is 9.93. The van der Waals surface area contributed by atoms with Crippen LogP contribution in [0, 0.1) is 11.8 Å². The van der Waals surface area contributed by atoms with Crippen molar-refractivity contribution in [1.29, 1.82) is 0 Å². The molecule has 294 valence electrons. The van der Waals surface area contributed by atoms with E-state index in [1.54, 1.807) is 12.2 Å². The predicted octanol–water partition coefficient (Wildman–Crippen LogP) is 10.9. The van der Waals surface area contributed by atoms with E-state index in [4.69, 9.17) is 9.47 Å². The highest BCUT2D eigenvalue weighted by molar-refractivity contribution is 5.95. The van der Waals surface area contributed by atoms with E-state index in [0.29, 0.717) is 19.3 Å². The van der Waals surface area contributed by atoms with Gasteiger partial charge in [0.15, 0.2) is 11.9 Å². The van der Waals surface area contributed by atoms with Crippen molar-refractivity contribution in [2.75, 3.05) is 13.2 Å². The van der Waals surface area contributed by atoms with Crippen LogP contribution in [0.2, 0.25) is 0 Å². The van der Waals surface area contributed by atoms with Crippen molar-refractivity contribution in [3.05, 3.63) is 36.5 Å². The van der Waals surface area contributed by atoms with Gasteiger partial charge in [0.25, 0.3) is 0 Å². The Morgan fingerprint density at radius 2 is 1.25 bits per heavy atom. The fourth-order valence-electron chi connectivity index (χ4n) is 6.60. The molecule has 1 aliphatic carbocycles. The van der Waals surface area contributed by atoms with Gasteiger partial charge in [-0.05, 0) is 44.1 Å². The highest BCUT2D eigenvalue weighted by Gasteiger charge is 2.27. The highest BCUT2D eigenvalue weighted by atomic mass is 16.6. The molecule has 0 aromatic carbocycles. The molecule has 0 saturated heterocycles. The molecule has 0 radical (unpaired) electrons. The van der Waals surface area contributed by atoms with E-state index in [9.17, 15) is 24.6 Å². The second-order valence-corrected chi connectivity index (χ2v) is 14.7. The van der Waals surface area contributed by atoms with Gasteiger partial charge >= 0.3 is 11.9 Å². The topological polar surface area (TPSA) is 110 Å². The average Bonchev–Trinajstić information content (AvgIpc) is 3.48. The summed E-state index contributed by atoms with van der Waals surface area (Å²) in [6, 6.07) is 0. The summed E-state index contributed by atoms with van der Waals surface area (Å²) in [6.45, 7) is 3.88. The molecule has 7 heteroatoms. The van der Waals surface area contributed by atoms with Crippen molar-refractivity contribution < 1.29 is 34.1 Å². The van der Waals surface area contributed by atoms with Crippen LogP contribution in [0.3, 0.4) is 0 Å². The van der Waals surface area contributed by atoms with E-state index >= 15 is 0 Å². The van der Waals surface area contributed by atoms with E-state index in [-0.39, 0.29) is 49.2 Å². The summed E-state index contributed by atoms with van der Waals surface area (Å²) in [6.07, 6.45) is 39.7. The van der Waals surface area contributed by atoms with Crippen LogP contribution in [-0.2, 0) is 23.9 Å². The number of carbonyl (C=O) groups excluding carboxylic acids is 3. The number of esters is 2. The predicted molar refractivity (Wildman–Crippen MR) is 209 cm³/mol. The Kier molecular flexibility index (Phi) is 30.8. The molecule has 0 aliphatic heterocycles. The van der Waals surface area contributed by atoms with Crippen LogP contribution in [0.4, 0.5) is 0 Å². The Morgan fingerprint density at radius 3 is 1.82 bits per heavy atom. The molecule has 7 nitrogen and oxygen atoms in total. The number of rotatable bonds is 35. The zero-order valence-electron chi connectivity index (χ0n) is 32.7. The number of hydrogen-bond donors (Lipinski definition) is 2. The molecular formula is C44H76O7. The Bertz CT molecular complexity index is 955. The summed E-state index contributed by atoms with van der Waals surface area (Å²) in [5.74, 6) is -0.817. The van der Waals surface area contributed by atoms with Crippen molar-refractivity contribution in [3.8, 4) is 0 Å². The standard InChI is InChI=1S/C44H76O7/c1-3-5-7-8-9-10-11-12-13-14-15-16-17-18-19-20-21-27-31-44(49)51-40(36-45)37-50-43(48)30-26-23-22-25-28-38-32-35-42(47)41(38)34-33-39(46)29-24-6-4-2/h22,25,32-35,38-41,45-46H,3-21,23-24,26-31,36-37H2,1-2H3/b25-22-,34-33+/t38-,39-,40-,41+/m0/s1. The lowest BCUT2D eigenvalue weighted by molar-refractivity contribution is -0.161. The van der Waals surface area contributed by atoms with E-state index in [0.717, 1.165) is 51.4 Å². The number of ether oxygens (including phenoxy) is 2. The van der Waals surface area contributed by atoms with Crippen LogP contribution < -0.4 is 0 Å². The first-order valence-electron chi connectivity index (χ1n) is 21.1. The van der Waals surface area contributed by atoms with Gasteiger partial charge in [-0.1, -0.05) is 173 Å². The normalized spacial score (nSPS) is 17.1. The van der Waals surface area contributed by atoms with E-state index in [1.165, 1.54) is 96.3 Å². The van der Waals surface area contributed by atoms with Gasteiger partial charge < -0.3 is 19.7 Å². The van der Waals surface area contributed by atoms with Crippen LogP contribution >= 0.6 is 0 Å². The fourth-order valence-corrected chi connectivity index (χ4v) is 6.60. The molecule has 4 atom stereocenters. The molecule has 0 fully saturated rings. The fraction of sp³-hybridized carbons (Fsp3) is 0.795. The Labute approximate surface area is 312 Å². The number of ketones is 1. The van der Waals surface area contributed by atoms with Crippen molar-refractivity contribution >= 4 is 17.7 Å². The number of carbonyl (C=O) groups is 3. The number of aliphatic hydroxyl groups is 2. The first kappa shape index (κ1) is 46.8. The minimum atomic E-state index is -0.835. The summed E-state index contributed by atoms with van der Waals surface area (Å²) in [7, 11) is 0. The second kappa shape index (κ2) is 33.6. The Hall–Kier alpha value is -2.25. The van der Waals surface area contributed by atoms with Gasteiger partial charge in [0.05, 0.1) is 12.7 Å². The minimum absolute atomic E-state index is 0.0746. The molecule has 1 rings (SSSR count). The molecule has 0 spiro atoms. The lowest BCUT2D eigenvalue weighted by Crippen LogP contribution is -2.28. The smallest absolute Gasteiger partial charge is 0.306 e. The lowest BCUT2D eigenvalue weighted by Gasteiger charge is -2.15. The number of allylic oxidation sites excluding steroid dienone is 5. The van der Waals surface area contributed by atoms with E-state index < -0.39 is 12.2 Å². The minimum Gasteiger partial charge on any atom is -0.462 e. The molecule has 51 heavy (non-hydrogen) atoms. The number of unbranched alkanes of at least 4 members (excludes halogenated alkanes) is 20. The zero-order chi connectivity index (χ0) is 37.2. The second-order valence-electron chi connectivity index (χ2n) is 14.7. The molecule has 0 bridgehead atoms. The molecule has 0 heterocycles. The summed E-state index contributed by atoms with van der Waals surface area (Å²) < 4.78 is 10.6. The third kappa shape index (κ3) is 27.1.